The van der Waals surface area contributed by atoms with Gasteiger partial charge in [-0.05, 0) is 52.9 Å². The van der Waals surface area contributed by atoms with Gasteiger partial charge in [-0.3, -0.25) is 9.78 Å². The number of carbonyl (C=O) groups excluding carboxylic acids is 1. The van der Waals surface area contributed by atoms with Crippen LogP contribution in [0.15, 0.2) is 42.7 Å². The summed E-state index contributed by atoms with van der Waals surface area (Å²) < 4.78 is 0.936. The summed E-state index contributed by atoms with van der Waals surface area (Å²) in [4.78, 5) is 15.9. The van der Waals surface area contributed by atoms with Gasteiger partial charge in [-0.1, -0.05) is 11.6 Å². The van der Waals surface area contributed by atoms with Crippen LogP contribution in [0.4, 0.5) is 0 Å². The molecule has 0 aliphatic carbocycles. The normalized spacial score (nSPS) is 10.1. The van der Waals surface area contributed by atoms with E-state index in [0.717, 1.165) is 3.57 Å². The highest BCUT2D eigenvalue weighted by Gasteiger charge is 2.09. The minimum Gasteiger partial charge on any atom is -0.289 e. The molecule has 1 aromatic heterocycles. The molecule has 80 valence electrons. The maximum atomic E-state index is 12.0. The zero-order valence-electron chi connectivity index (χ0n) is 8.15. The fourth-order valence-electron chi connectivity index (χ4n) is 1.31. The third-order valence-electron chi connectivity index (χ3n) is 2.12. The first-order valence-electron chi connectivity index (χ1n) is 4.58. The number of rotatable bonds is 2. The van der Waals surface area contributed by atoms with Crippen molar-refractivity contribution in [1.29, 1.82) is 0 Å². The third-order valence-corrected chi connectivity index (χ3v) is 3.70. The molecule has 2 rings (SSSR count). The number of hydrogen-bond acceptors (Lipinski definition) is 2. The van der Waals surface area contributed by atoms with E-state index in [1.807, 2.05) is 6.07 Å². The van der Waals surface area contributed by atoms with Crippen molar-refractivity contribution in [3.05, 3.63) is 62.4 Å². The molecule has 0 fully saturated rings. The standard InChI is InChI=1S/C12H7ClINO/c13-10-7-9(1-2-11(10)14)12(16)8-3-5-15-6-4-8/h1-7H. The summed E-state index contributed by atoms with van der Waals surface area (Å²) in [7, 11) is 0. The number of nitrogens with zero attached hydrogens (tertiary/aromatic N) is 1. The molecular weight excluding hydrogens is 336 g/mol. The van der Waals surface area contributed by atoms with Gasteiger partial charge in [0.1, 0.15) is 0 Å². The molecule has 1 aromatic carbocycles. The monoisotopic (exact) mass is 343 g/mol. The summed E-state index contributed by atoms with van der Waals surface area (Å²) >= 11 is 8.10. The molecule has 0 atom stereocenters. The predicted octanol–water partition coefficient (Wildman–Crippen LogP) is 3.57. The zero-order valence-corrected chi connectivity index (χ0v) is 11.1. The second-order valence-electron chi connectivity index (χ2n) is 3.19. The van der Waals surface area contributed by atoms with E-state index in [0.29, 0.717) is 16.1 Å². The molecule has 0 bridgehead atoms. The Bertz CT molecular complexity index is 528. The average Bonchev–Trinajstić information content (AvgIpc) is 2.33. The van der Waals surface area contributed by atoms with Crippen molar-refractivity contribution in [2.45, 2.75) is 0 Å². The molecule has 0 saturated heterocycles. The van der Waals surface area contributed by atoms with E-state index in [1.165, 1.54) is 0 Å². The van der Waals surface area contributed by atoms with E-state index >= 15 is 0 Å². The van der Waals surface area contributed by atoms with Crippen molar-refractivity contribution in [3.8, 4) is 0 Å². The number of carbonyl (C=O) groups is 1. The lowest BCUT2D eigenvalue weighted by Gasteiger charge is -2.02. The highest BCUT2D eigenvalue weighted by molar-refractivity contribution is 14.1. The van der Waals surface area contributed by atoms with Crippen molar-refractivity contribution >= 4 is 40.0 Å². The summed E-state index contributed by atoms with van der Waals surface area (Å²) in [5.41, 5.74) is 1.21. The molecule has 0 N–H and O–H groups in total. The Labute approximate surface area is 112 Å². The largest absolute Gasteiger partial charge is 0.289 e. The number of pyridine rings is 1. The number of hydrogen-bond donors (Lipinski definition) is 0. The van der Waals surface area contributed by atoms with Gasteiger partial charge in [0.2, 0.25) is 0 Å². The molecule has 0 amide bonds. The summed E-state index contributed by atoms with van der Waals surface area (Å²) in [6.07, 6.45) is 3.20. The van der Waals surface area contributed by atoms with E-state index < -0.39 is 0 Å². The van der Waals surface area contributed by atoms with Crippen LogP contribution in [0.3, 0.4) is 0 Å². The van der Waals surface area contributed by atoms with Crippen LogP contribution in [0.2, 0.25) is 5.02 Å². The summed E-state index contributed by atoms with van der Waals surface area (Å²) in [6, 6.07) is 8.67. The van der Waals surface area contributed by atoms with Crippen molar-refractivity contribution in [2.75, 3.05) is 0 Å². The van der Waals surface area contributed by atoms with E-state index in [1.54, 1.807) is 36.7 Å². The fraction of sp³-hybridized carbons (Fsp3) is 0. The Hall–Kier alpha value is -0.940. The zero-order chi connectivity index (χ0) is 11.5. The SMILES string of the molecule is O=C(c1ccncc1)c1ccc(I)c(Cl)c1. The van der Waals surface area contributed by atoms with Crippen molar-refractivity contribution in [1.82, 2.24) is 4.98 Å². The highest BCUT2D eigenvalue weighted by atomic mass is 127. The molecule has 16 heavy (non-hydrogen) atoms. The first-order chi connectivity index (χ1) is 7.68. The predicted molar refractivity (Wildman–Crippen MR) is 71.8 cm³/mol. The van der Waals surface area contributed by atoms with Gasteiger partial charge in [0.15, 0.2) is 5.78 Å². The van der Waals surface area contributed by atoms with Crippen LogP contribution in [0, 0.1) is 3.57 Å². The molecule has 0 saturated carbocycles. The molecule has 2 aromatic rings. The van der Waals surface area contributed by atoms with Crippen molar-refractivity contribution in [2.24, 2.45) is 0 Å². The molecule has 1 heterocycles. The van der Waals surface area contributed by atoms with Crippen LogP contribution in [-0.2, 0) is 0 Å². The Kier molecular flexibility index (Phi) is 3.56. The minimum absolute atomic E-state index is 0.0410. The number of benzene rings is 1. The van der Waals surface area contributed by atoms with Crippen LogP contribution >= 0.6 is 34.2 Å². The van der Waals surface area contributed by atoms with E-state index in [9.17, 15) is 4.79 Å². The average molecular weight is 344 g/mol. The first kappa shape index (κ1) is 11.5. The lowest BCUT2D eigenvalue weighted by molar-refractivity contribution is 0.103. The quantitative estimate of drug-likeness (QED) is 0.616. The van der Waals surface area contributed by atoms with Gasteiger partial charge >= 0.3 is 0 Å². The third kappa shape index (κ3) is 2.41. The first-order valence-corrected chi connectivity index (χ1v) is 6.04. The van der Waals surface area contributed by atoms with E-state index in [-0.39, 0.29) is 5.78 Å². The minimum atomic E-state index is -0.0410. The molecule has 0 aliphatic rings. The van der Waals surface area contributed by atoms with Crippen LogP contribution in [0.25, 0.3) is 0 Å². The summed E-state index contributed by atoms with van der Waals surface area (Å²) in [6.45, 7) is 0. The van der Waals surface area contributed by atoms with Crippen LogP contribution in [0.5, 0.6) is 0 Å². The highest BCUT2D eigenvalue weighted by Crippen LogP contribution is 2.21. The Morgan fingerprint density at radius 2 is 1.81 bits per heavy atom. The lowest BCUT2D eigenvalue weighted by Crippen LogP contribution is -2.01. The van der Waals surface area contributed by atoms with Gasteiger partial charge in [0.05, 0.1) is 5.02 Å². The number of aromatic nitrogens is 1. The van der Waals surface area contributed by atoms with Gasteiger partial charge < -0.3 is 0 Å². The Morgan fingerprint density at radius 3 is 2.44 bits per heavy atom. The smallest absolute Gasteiger partial charge is 0.193 e. The number of halogens is 2. The van der Waals surface area contributed by atoms with Crippen molar-refractivity contribution < 1.29 is 4.79 Å². The Balaban J connectivity index is 2.39. The fourth-order valence-corrected chi connectivity index (χ4v) is 1.82. The van der Waals surface area contributed by atoms with E-state index in [4.69, 9.17) is 11.6 Å². The van der Waals surface area contributed by atoms with Gasteiger partial charge in [-0.25, -0.2) is 0 Å². The van der Waals surface area contributed by atoms with Crippen LogP contribution in [-0.4, -0.2) is 10.8 Å². The van der Waals surface area contributed by atoms with Gasteiger partial charge in [-0.15, -0.1) is 0 Å². The second kappa shape index (κ2) is 4.93. The molecule has 0 unspecified atom stereocenters. The second-order valence-corrected chi connectivity index (χ2v) is 4.76. The lowest BCUT2D eigenvalue weighted by atomic mass is 10.1. The maximum absolute atomic E-state index is 12.0. The van der Waals surface area contributed by atoms with Gasteiger partial charge in [-0.2, -0.15) is 0 Å². The maximum Gasteiger partial charge on any atom is 0.193 e. The Morgan fingerprint density at radius 1 is 1.12 bits per heavy atom. The van der Waals surface area contributed by atoms with Crippen LogP contribution in [0.1, 0.15) is 15.9 Å². The molecule has 0 aliphatic heterocycles. The molecule has 0 spiro atoms. The van der Waals surface area contributed by atoms with Crippen LogP contribution < -0.4 is 0 Å². The summed E-state index contributed by atoms with van der Waals surface area (Å²) in [5.74, 6) is -0.0410. The molecular formula is C12H7ClINO. The van der Waals surface area contributed by atoms with Gasteiger partial charge in [0.25, 0.3) is 0 Å². The molecule has 4 heteroatoms. The molecule has 0 radical (unpaired) electrons. The van der Waals surface area contributed by atoms with E-state index in [2.05, 4.69) is 27.6 Å². The number of ketones is 1. The summed E-state index contributed by atoms with van der Waals surface area (Å²) in [5, 5.41) is 0.598. The topological polar surface area (TPSA) is 30.0 Å². The molecule has 2 nitrogen and oxygen atoms in total. The van der Waals surface area contributed by atoms with Crippen molar-refractivity contribution in [3.63, 3.8) is 0 Å². The van der Waals surface area contributed by atoms with Gasteiger partial charge in [0, 0.05) is 27.1 Å².